The molecule has 2 N–H and O–H groups in total. The van der Waals surface area contributed by atoms with Crippen molar-refractivity contribution in [2.24, 2.45) is 0 Å². The second kappa shape index (κ2) is 8.58. The minimum absolute atomic E-state index is 0.0381. The zero-order valence-corrected chi connectivity index (χ0v) is 15.3. The highest BCUT2D eigenvalue weighted by Gasteiger charge is 2.12. The Balaban J connectivity index is 2.16. The van der Waals surface area contributed by atoms with Gasteiger partial charge in [0.25, 0.3) is 5.91 Å². The number of anilines is 3. The van der Waals surface area contributed by atoms with Crippen molar-refractivity contribution in [3.63, 3.8) is 0 Å². The van der Waals surface area contributed by atoms with Crippen LogP contribution in [0.3, 0.4) is 0 Å². The van der Waals surface area contributed by atoms with Gasteiger partial charge in [0.1, 0.15) is 17.4 Å². The fraction of sp³-hybridized carbons (Fsp3) is 0.200. The Bertz CT molecular complexity index is 866. The highest BCUT2D eigenvalue weighted by Crippen LogP contribution is 2.25. The molecule has 0 spiro atoms. The molecule has 0 heterocycles. The molecule has 134 valence electrons. The minimum Gasteiger partial charge on any atom is -0.495 e. The van der Waals surface area contributed by atoms with Crippen LogP contribution >= 0.6 is 0 Å². The summed E-state index contributed by atoms with van der Waals surface area (Å²) in [6.07, 6.45) is 1.40. The van der Waals surface area contributed by atoms with Gasteiger partial charge in [0.15, 0.2) is 0 Å². The van der Waals surface area contributed by atoms with Gasteiger partial charge in [0, 0.05) is 31.7 Å². The third-order valence-corrected chi connectivity index (χ3v) is 3.71. The van der Waals surface area contributed by atoms with Crippen LogP contribution in [0.1, 0.15) is 5.56 Å². The largest absolute Gasteiger partial charge is 0.495 e. The summed E-state index contributed by atoms with van der Waals surface area (Å²) in [5.41, 5.74) is 3.25. The number of hydrogen-bond acceptors (Lipinski definition) is 5. The lowest BCUT2D eigenvalue weighted by atomic mass is 10.2. The Hall–Kier alpha value is -3.46. The average Bonchev–Trinajstić information content (AvgIpc) is 2.62. The lowest BCUT2D eigenvalue weighted by Crippen LogP contribution is -2.15. The van der Waals surface area contributed by atoms with Crippen molar-refractivity contribution in [2.75, 3.05) is 36.7 Å². The van der Waals surface area contributed by atoms with E-state index in [1.807, 2.05) is 62.3 Å². The first-order valence-corrected chi connectivity index (χ1v) is 8.04. The van der Waals surface area contributed by atoms with Crippen LogP contribution in [-0.4, -0.2) is 27.1 Å². The highest BCUT2D eigenvalue weighted by atomic mass is 16.5. The normalized spacial score (nSPS) is 10.7. The van der Waals surface area contributed by atoms with Gasteiger partial charge in [-0.25, -0.2) is 0 Å². The maximum Gasteiger partial charge on any atom is 0.267 e. The molecular weight excluding hydrogens is 328 g/mol. The summed E-state index contributed by atoms with van der Waals surface area (Å²) in [5, 5.41) is 15.0. The van der Waals surface area contributed by atoms with E-state index >= 15 is 0 Å². The van der Waals surface area contributed by atoms with Gasteiger partial charge >= 0.3 is 0 Å². The van der Waals surface area contributed by atoms with E-state index in [0.717, 1.165) is 16.9 Å². The maximum atomic E-state index is 12.4. The molecule has 2 aromatic rings. The zero-order valence-electron chi connectivity index (χ0n) is 15.3. The molecule has 0 bridgehead atoms. The van der Waals surface area contributed by atoms with Crippen LogP contribution in [0.5, 0.6) is 5.75 Å². The molecule has 2 aromatic carbocycles. The molecule has 0 aliphatic rings. The molecule has 6 nitrogen and oxygen atoms in total. The van der Waals surface area contributed by atoms with Gasteiger partial charge in [0.05, 0.1) is 12.8 Å². The molecule has 0 radical (unpaired) electrons. The molecule has 0 fully saturated rings. The van der Waals surface area contributed by atoms with Crippen LogP contribution in [0.15, 0.2) is 54.2 Å². The number of hydrogen-bond donors (Lipinski definition) is 2. The lowest BCUT2D eigenvalue weighted by Gasteiger charge is -2.13. The molecule has 0 aliphatic heterocycles. The molecule has 6 heteroatoms. The van der Waals surface area contributed by atoms with Crippen molar-refractivity contribution < 1.29 is 9.53 Å². The standard InChI is InChI=1S/C20H22N4O2/c1-14-8-9-19(26-4)18(10-14)23-20(25)15(12-21)13-22-16-6-5-7-17(11-16)24(2)3/h5-11,13,22H,1-4H3,(H,23,25)/b15-13-. The Morgan fingerprint density at radius 3 is 2.65 bits per heavy atom. The number of amides is 1. The molecule has 0 unspecified atom stereocenters. The molecule has 0 aliphatic carbocycles. The van der Waals surface area contributed by atoms with Crippen LogP contribution in [0.4, 0.5) is 17.1 Å². The number of ether oxygens (including phenoxy) is 1. The number of aryl methyl sites for hydroxylation is 1. The quantitative estimate of drug-likeness (QED) is 0.616. The minimum atomic E-state index is -0.507. The van der Waals surface area contributed by atoms with Crippen molar-refractivity contribution in [3.8, 4) is 11.8 Å². The third kappa shape index (κ3) is 4.77. The summed E-state index contributed by atoms with van der Waals surface area (Å²) in [6.45, 7) is 1.91. The van der Waals surface area contributed by atoms with Gasteiger partial charge < -0.3 is 20.3 Å². The molecule has 0 saturated heterocycles. The number of rotatable bonds is 6. The molecule has 2 rings (SSSR count). The van der Waals surface area contributed by atoms with Crippen molar-refractivity contribution in [1.82, 2.24) is 0 Å². The second-order valence-corrected chi connectivity index (χ2v) is 5.92. The van der Waals surface area contributed by atoms with Crippen LogP contribution in [-0.2, 0) is 4.79 Å². The van der Waals surface area contributed by atoms with E-state index < -0.39 is 5.91 Å². The van der Waals surface area contributed by atoms with E-state index in [0.29, 0.717) is 11.4 Å². The van der Waals surface area contributed by atoms with E-state index in [1.165, 1.54) is 13.3 Å². The number of nitrogens with one attached hydrogen (secondary N) is 2. The van der Waals surface area contributed by atoms with Gasteiger partial charge in [0.2, 0.25) is 0 Å². The Labute approximate surface area is 153 Å². The van der Waals surface area contributed by atoms with E-state index in [4.69, 9.17) is 4.74 Å². The first-order chi connectivity index (χ1) is 12.4. The predicted molar refractivity (Wildman–Crippen MR) is 104 cm³/mol. The molecule has 26 heavy (non-hydrogen) atoms. The van der Waals surface area contributed by atoms with E-state index in [-0.39, 0.29) is 5.57 Å². The number of benzene rings is 2. The number of carbonyl (C=O) groups is 1. The number of carbonyl (C=O) groups excluding carboxylic acids is 1. The Morgan fingerprint density at radius 2 is 2.00 bits per heavy atom. The molecule has 0 aromatic heterocycles. The number of methoxy groups -OCH3 is 1. The number of nitriles is 1. The Kier molecular flexibility index (Phi) is 6.23. The summed E-state index contributed by atoms with van der Waals surface area (Å²) in [6, 6.07) is 15.0. The van der Waals surface area contributed by atoms with Crippen LogP contribution in [0, 0.1) is 18.3 Å². The first-order valence-electron chi connectivity index (χ1n) is 8.04. The molecule has 1 amide bonds. The van der Waals surface area contributed by atoms with E-state index in [1.54, 1.807) is 12.1 Å². The summed E-state index contributed by atoms with van der Waals surface area (Å²) >= 11 is 0. The van der Waals surface area contributed by atoms with Gasteiger partial charge in [-0.05, 0) is 42.8 Å². The van der Waals surface area contributed by atoms with Crippen molar-refractivity contribution >= 4 is 23.0 Å². The average molecular weight is 350 g/mol. The van der Waals surface area contributed by atoms with Gasteiger partial charge in [-0.3, -0.25) is 4.79 Å². The Morgan fingerprint density at radius 1 is 1.23 bits per heavy atom. The van der Waals surface area contributed by atoms with E-state index in [9.17, 15) is 10.1 Å². The fourth-order valence-electron chi connectivity index (χ4n) is 2.29. The van der Waals surface area contributed by atoms with Gasteiger partial charge in [-0.15, -0.1) is 0 Å². The summed E-state index contributed by atoms with van der Waals surface area (Å²) in [4.78, 5) is 14.4. The van der Waals surface area contributed by atoms with Crippen molar-refractivity contribution in [1.29, 1.82) is 5.26 Å². The second-order valence-electron chi connectivity index (χ2n) is 5.92. The van der Waals surface area contributed by atoms with Crippen LogP contribution in [0.25, 0.3) is 0 Å². The zero-order chi connectivity index (χ0) is 19.1. The smallest absolute Gasteiger partial charge is 0.267 e. The predicted octanol–water partition coefficient (Wildman–Crippen LogP) is 3.53. The monoisotopic (exact) mass is 350 g/mol. The van der Waals surface area contributed by atoms with Crippen LogP contribution in [0.2, 0.25) is 0 Å². The highest BCUT2D eigenvalue weighted by molar-refractivity contribution is 6.07. The number of nitrogens with zero attached hydrogens (tertiary/aromatic N) is 2. The van der Waals surface area contributed by atoms with Crippen LogP contribution < -0.4 is 20.3 Å². The van der Waals surface area contributed by atoms with Gasteiger partial charge in [-0.1, -0.05) is 12.1 Å². The van der Waals surface area contributed by atoms with Crippen molar-refractivity contribution in [3.05, 3.63) is 59.8 Å². The maximum absolute atomic E-state index is 12.4. The van der Waals surface area contributed by atoms with Crippen molar-refractivity contribution in [2.45, 2.75) is 6.92 Å². The van der Waals surface area contributed by atoms with E-state index in [2.05, 4.69) is 10.6 Å². The SMILES string of the molecule is COc1ccc(C)cc1NC(=O)/C(C#N)=C\Nc1cccc(N(C)C)c1. The summed E-state index contributed by atoms with van der Waals surface area (Å²) < 4.78 is 5.24. The van der Waals surface area contributed by atoms with Gasteiger partial charge in [-0.2, -0.15) is 5.26 Å². The molecule has 0 saturated carbocycles. The first kappa shape index (κ1) is 18.9. The molecular formula is C20H22N4O2. The third-order valence-electron chi connectivity index (χ3n) is 3.71. The summed E-state index contributed by atoms with van der Waals surface area (Å²) in [7, 11) is 5.41. The fourth-order valence-corrected chi connectivity index (χ4v) is 2.29. The molecule has 0 atom stereocenters. The lowest BCUT2D eigenvalue weighted by molar-refractivity contribution is -0.112. The topological polar surface area (TPSA) is 77.4 Å². The summed E-state index contributed by atoms with van der Waals surface area (Å²) in [5.74, 6) is 0.0283.